The third-order valence-corrected chi connectivity index (χ3v) is 2.86. The monoisotopic (exact) mass is 238 g/mol. The quantitative estimate of drug-likeness (QED) is 0.645. The van der Waals surface area contributed by atoms with E-state index in [-0.39, 0.29) is 5.82 Å². The maximum atomic E-state index is 13.8. The molecule has 0 N–H and O–H groups in total. The Balaban J connectivity index is 2.22. The van der Waals surface area contributed by atoms with E-state index in [0.717, 1.165) is 10.9 Å². The largest absolute Gasteiger partial charge is 0.237 e. The number of pyridine rings is 2. The van der Waals surface area contributed by atoms with Crippen molar-refractivity contribution in [2.75, 3.05) is 0 Å². The summed E-state index contributed by atoms with van der Waals surface area (Å²) >= 11 is 0. The standard InChI is InChI=1S/C15H11FN2/c1-10-4-6-13(16)12(9-10)14-7-5-11-3-2-8-17-15(11)18-14/h2-9H,1H3. The van der Waals surface area contributed by atoms with Crippen molar-refractivity contribution in [1.29, 1.82) is 0 Å². The first-order valence-corrected chi connectivity index (χ1v) is 5.72. The number of rotatable bonds is 1. The topological polar surface area (TPSA) is 25.8 Å². The molecule has 0 amide bonds. The lowest BCUT2D eigenvalue weighted by Crippen LogP contribution is -1.91. The summed E-state index contributed by atoms with van der Waals surface area (Å²) in [6.07, 6.45) is 1.69. The van der Waals surface area contributed by atoms with Crippen LogP contribution in [0.4, 0.5) is 4.39 Å². The van der Waals surface area contributed by atoms with Gasteiger partial charge in [0.1, 0.15) is 5.82 Å². The van der Waals surface area contributed by atoms with Gasteiger partial charge >= 0.3 is 0 Å². The van der Waals surface area contributed by atoms with Crippen LogP contribution in [-0.2, 0) is 0 Å². The highest BCUT2D eigenvalue weighted by atomic mass is 19.1. The number of halogens is 1. The maximum Gasteiger partial charge on any atom is 0.159 e. The molecule has 0 saturated carbocycles. The predicted octanol–water partition coefficient (Wildman–Crippen LogP) is 3.74. The number of benzene rings is 1. The van der Waals surface area contributed by atoms with Crippen molar-refractivity contribution in [2.24, 2.45) is 0 Å². The fourth-order valence-corrected chi connectivity index (χ4v) is 1.94. The van der Waals surface area contributed by atoms with Gasteiger partial charge < -0.3 is 0 Å². The van der Waals surface area contributed by atoms with E-state index in [0.29, 0.717) is 16.9 Å². The molecule has 0 aliphatic carbocycles. The van der Waals surface area contributed by atoms with Gasteiger partial charge in [-0.1, -0.05) is 11.6 Å². The third-order valence-electron chi connectivity index (χ3n) is 2.86. The van der Waals surface area contributed by atoms with Gasteiger partial charge in [-0.2, -0.15) is 0 Å². The van der Waals surface area contributed by atoms with Crippen LogP contribution in [0.5, 0.6) is 0 Å². The summed E-state index contributed by atoms with van der Waals surface area (Å²) in [5.41, 5.74) is 2.77. The Hall–Kier alpha value is -2.29. The highest BCUT2D eigenvalue weighted by Gasteiger charge is 2.07. The molecular weight excluding hydrogens is 227 g/mol. The van der Waals surface area contributed by atoms with Gasteiger partial charge in [-0.15, -0.1) is 0 Å². The number of aromatic nitrogens is 2. The molecule has 3 aromatic rings. The highest BCUT2D eigenvalue weighted by molar-refractivity contribution is 5.78. The maximum absolute atomic E-state index is 13.8. The molecule has 3 rings (SSSR count). The van der Waals surface area contributed by atoms with Crippen molar-refractivity contribution in [1.82, 2.24) is 9.97 Å². The molecule has 0 bridgehead atoms. The Labute approximate surface area is 104 Å². The third kappa shape index (κ3) is 1.84. The van der Waals surface area contributed by atoms with E-state index in [1.54, 1.807) is 18.3 Å². The van der Waals surface area contributed by atoms with Gasteiger partial charge in [0.2, 0.25) is 0 Å². The first-order valence-electron chi connectivity index (χ1n) is 5.72. The molecule has 0 atom stereocenters. The van der Waals surface area contributed by atoms with Crippen molar-refractivity contribution in [3.05, 3.63) is 60.0 Å². The zero-order valence-corrected chi connectivity index (χ0v) is 9.89. The number of nitrogens with zero attached hydrogens (tertiary/aromatic N) is 2. The van der Waals surface area contributed by atoms with E-state index in [1.807, 2.05) is 31.2 Å². The summed E-state index contributed by atoms with van der Waals surface area (Å²) in [4.78, 5) is 8.58. The number of hydrogen-bond donors (Lipinski definition) is 0. The summed E-state index contributed by atoms with van der Waals surface area (Å²) < 4.78 is 13.8. The summed E-state index contributed by atoms with van der Waals surface area (Å²) in [7, 11) is 0. The minimum absolute atomic E-state index is 0.261. The molecule has 1 aromatic carbocycles. The van der Waals surface area contributed by atoms with Gasteiger partial charge in [0.25, 0.3) is 0 Å². The molecule has 0 fully saturated rings. The average molecular weight is 238 g/mol. The van der Waals surface area contributed by atoms with Gasteiger partial charge in [-0.25, -0.2) is 14.4 Å². The minimum atomic E-state index is -0.261. The molecule has 2 nitrogen and oxygen atoms in total. The second-order valence-corrected chi connectivity index (χ2v) is 4.23. The Morgan fingerprint density at radius 3 is 2.83 bits per heavy atom. The second kappa shape index (κ2) is 4.18. The molecule has 88 valence electrons. The highest BCUT2D eigenvalue weighted by Crippen LogP contribution is 2.23. The number of hydrogen-bond acceptors (Lipinski definition) is 2. The number of aryl methyl sites for hydroxylation is 1. The molecule has 0 spiro atoms. The molecular formula is C15H11FN2. The van der Waals surface area contributed by atoms with Crippen molar-refractivity contribution in [2.45, 2.75) is 6.92 Å². The van der Waals surface area contributed by atoms with Gasteiger partial charge in [0, 0.05) is 17.1 Å². The van der Waals surface area contributed by atoms with E-state index >= 15 is 0 Å². The van der Waals surface area contributed by atoms with Crippen molar-refractivity contribution in [3.8, 4) is 11.3 Å². The van der Waals surface area contributed by atoms with Crippen LogP contribution in [0.25, 0.3) is 22.3 Å². The van der Waals surface area contributed by atoms with Crippen molar-refractivity contribution in [3.63, 3.8) is 0 Å². The van der Waals surface area contributed by atoms with Gasteiger partial charge in [0.15, 0.2) is 5.65 Å². The normalized spacial score (nSPS) is 10.8. The lowest BCUT2D eigenvalue weighted by Gasteiger charge is -2.05. The SMILES string of the molecule is Cc1ccc(F)c(-c2ccc3cccnc3n2)c1. The summed E-state index contributed by atoms with van der Waals surface area (Å²) in [6.45, 7) is 1.93. The lowest BCUT2D eigenvalue weighted by atomic mass is 10.1. The molecule has 0 unspecified atom stereocenters. The smallest absolute Gasteiger partial charge is 0.159 e. The molecule has 0 aliphatic rings. The van der Waals surface area contributed by atoms with E-state index in [2.05, 4.69) is 9.97 Å². The fourth-order valence-electron chi connectivity index (χ4n) is 1.94. The van der Waals surface area contributed by atoms with E-state index in [9.17, 15) is 4.39 Å². The molecule has 0 aliphatic heterocycles. The summed E-state index contributed by atoms with van der Waals surface area (Å²) in [6, 6.07) is 12.5. The minimum Gasteiger partial charge on any atom is -0.237 e. The van der Waals surface area contributed by atoms with Gasteiger partial charge in [0.05, 0.1) is 5.69 Å². The van der Waals surface area contributed by atoms with Crippen molar-refractivity contribution < 1.29 is 4.39 Å². The summed E-state index contributed by atoms with van der Waals surface area (Å²) in [5, 5.41) is 0.953. The van der Waals surface area contributed by atoms with Crippen LogP contribution in [-0.4, -0.2) is 9.97 Å². The van der Waals surface area contributed by atoms with Crippen LogP contribution in [0.3, 0.4) is 0 Å². The first-order chi connectivity index (χ1) is 8.74. The van der Waals surface area contributed by atoms with E-state index in [1.165, 1.54) is 6.07 Å². The van der Waals surface area contributed by atoms with Gasteiger partial charge in [-0.05, 0) is 43.3 Å². The van der Waals surface area contributed by atoms with Gasteiger partial charge in [-0.3, -0.25) is 0 Å². The lowest BCUT2D eigenvalue weighted by molar-refractivity contribution is 0.630. The molecule has 2 heterocycles. The van der Waals surface area contributed by atoms with Crippen molar-refractivity contribution >= 4 is 11.0 Å². The zero-order chi connectivity index (χ0) is 12.5. The van der Waals surface area contributed by atoms with Crippen LogP contribution >= 0.6 is 0 Å². The molecule has 0 radical (unpaired) electrons. The molecule has 18 heavy (non-hydrogen) atoms. The Morgan fingerprint density at radius 1 is 1.06 bits per heavy atom. The molecule has 2 aromatic heterocycles. The van der Waals surface area contributed by atoms with Crippen LogP contribution in [0.1, 0.15) is 5.56 Å². The van der Waals surface area contributed by atoms with Crippen LogP contribution in [0.2, 0.25) is 0 Å². The average Bonchev–Trinajstić information content (AvgIpc) is 2.41. The van der Waals surface area contributed by atoms with E-state index in [4.69, 9.17) is 0 Å². The number of fused-ring (bicyclic) bond motifs is 1. The van der Waals surface area contributed by atoms with Crippen LogP contribution in [0, 0.1) is 12.7 Å². The van der Waals surface area contributed by atoms with Crippen LogP contribution in [0.15, 0.2) is 48.7 Å². The zero-order valence-electron chi connectivity index (χ0n) is 9.89. The second-order valence-electron chi connectivity index (χ2n) is 4.23. The molecule has 3 heteroatoms. The fraction of sp³-hybridized carbons (Fsp3) is 0.0667. The first kappa shape index (κ1) is 10.8. The van der Waals surface area contributed by atoms with E-state index < -0.39 is 0 Å². The predicted molar refractivity (Wildman–Crippen MR) is 69.7 cm³/mol. The van der Waals surface area contributed by atoms with Crippen LogP contribution < -0.4 is 0 Å². The molecule has 0 saturated heterocycles. The summed E-state index contributed by atoms with van der Waals surface area (Å²) in [5.74, 6) is -0.261. The Morgan fingerprint density at radius 2 is 1.94 bits per heavy atom. The Bertz CT molecular complexity index is 723. The Kier molecular flexibility index (Phi) is 2.52.